The minimum Gasteiger partial charge on any atom is -0.497 e. The summed E-state index contributed by atoms with van der Waals surface area (Å²) in [5.74, 6) is 1.53. The highest BCUT2D eigenvalue weighted by Gasteiger charge is 2.36. The van der Waals surface area contributed by atoms with Gasteiger partial charge in [-0.05, 0) is 31.9 Å². The summed E-state index contributed by atoms with van der Waals surface area (Å²) in [6.07, 6.45) is 6.09. The molecule has 3 nitrogen and oxygen atoms in total. The van der Waals surface area contributed by atoms with Crippen molar-refractivity contribution in [2.75, 3.05) is 7.11 Å². The molecular formula is C17H26O3. The number of aliphatic hydroxyl groups is 1. The van der Waals surface area contributed by atoms with Gasteiger partial charge in [-0.15, -0.1) is 0 Å². The Labute approximate surface area is 121 Å². The van der Waals surface area contributed by atoms with E-state index in [1.54, 1.807) is 7.11 Å². The lowest BCUT2D eigenvalue weighted by Crippen LogP contribution is -2.38. The van der Waals surface area contributed by atoms with Gasteiger partial charge in [0.05, 0.1) is 13.2 Å². The average molecular weight is 278 g/mol. The number of hydrogen-bond acceptors (Lipinski definition) is 3. The van der Waals surface area contributed by atoms with Crippen LogP contribution >= 0.6 is 0 Å². The molecule has 0 saturated heterocycles. The normalized spacial score (nSPS) is 24.9. The molecule has 0 aliphatic carbocycles. The van der Waals surface area contributed by atoms with Crippen molar-refractivity contribution in [1.82, 2.24) is 0 Å². The summed E-state index contributed by atoms with van der Waals surface area (Å²) in [6.45, 7) is 4.32. The van der Waals surface area contributed by atoms with Gasteiger partial charge in [0.1, 0.15) is 17.1 Å². The van der Waals surface area contributed by atoms with Crippen molar-refractivity contribution in [3.63, 3.8) is 0 Å². The van der Waals surface area contributed by atoms with Crippen molar-refractivity contribution in [2.45, 2.75) is 64.1 Å². The SMILES string of the molecule is CCCCCCC1(C)C[C@@H](O)c2ccc(OC)cc2O1. The maximum atomic E-state index is 10.3. The molecule has 0 radical (unpaired) electrons. The summed E-state index contributed by atoms with van der Waals surface area (Å²) in [5.41, 5.74) is 0.601. The Morgan fingerprint density at radius 3 is 2.85 bits per heavy atom. The highest BCUT2D eigenvalue weighted by atomic mass is 16.5. The molecule has 1 heterocycles. The fraction of sp³-hybridized carbons (Fsp3) is 0.647. The molecule has 1 aliphatic heterocycles. The van der Waals surface area contributed by atoms with E-state index in [0.717, 1.165) is 29.9 Å². The predicted octanol–water partition coefficient (Wildman–Crippen LogP) is 4.24. The Kier molecular flexibility index (Phi) is 4.92. The zero-order chi connectivity index (χ0) is 14.6. The van der Waals surface area contributed by atoms with Crippen molar-refractivity contribution in [3.8, 4) is 11.5 Å². The molecule has 20 heavy (non-hydrogen) atoms. The van der Waals surface area contributed by atoms with Crippen LogP contribution in [0.3, 0.4) is 0 Å². The van der Waals surface area contributed by atoms with Crippen molar-refractivity contribution < 1.29 is 14.6 Å². The molecule has 2 rings (SSSR count). The number of unbranched alkanes of at least 4 members (excludes halogenated alkanes) is 3. The highest BCUT2D eigenvalue weighted by molar-refractivity contribution is 5.43. The van der Waals surface area contributed by atoms with Crippen LogP contribution in [0.4, 0.5) is 0 Å². The summed E-state index contributed by atoms with van der Waals surface area (Å²) >= 11 is 0. The minimum absolute atomic E-state index is 0.271. The molecule has 3 heteroatoms. The molecule has 0 amide bonds. The van der Waals surface area contributed by atoms with Gasteiger partial charge in [-0.1, -0.05) is 26.2 Å². The van der Waals surface area contributed by atoms with Crippen LogP contribution < -0.4 is 9.47 Å². The van der Waals surface area contributed by atoms with E-state index in [1.807, 2.05) is 18.2 Å². The van der Waals surface area contributed by atoms with Gasteiger partial charge in [-0.2, -0.15) is 0 Å². The summed E-state index contributed by atoms with van der Waals surface area (Å²) in [4.78, 5) is 0. The molecule has 0 bridgehead atoms. The molecule has 1 aromatic carbocycles. The first-order chi connectivity index (χ1) is 9.58. The standard InChI is InChI=1S/C17H26O3/c1-4-5-6-7-10-17(2)12-15(18)14-9-8-13(19-3)11-16(14)20-17/h8-9,11,15,18H,4-7,10,12H2,1-3H3/t15-,17?/m1/s1. The second-order valence-electron chi connectivity index (χ2n) is 5.99. The van der Waals surface area contributed by atoms with Crippen molar-refractivity contribution in [2.24, 2.45) is 0 Å². The van der Waals surface area contributed by atoms with Gasteiger partial charge in [0, 0.05) is 18.1 Å². The van der Waals surface area contributed by atoms with Crippen LogP contribution in [0.15, 0.2) is 18.2 Å². The van der Waals surface area contributed by atoms with Gasteiger partial charge in [0.15, 0.2) is 0 Å². The predicted molar refractivity (Wildman–Crippen MR) is 80.4 cm³/mol. The molecule has 0 fully saturated rings. The Morgan fingerprint density at radius 2 is 2.15 bits per heavy atom. The first kappa shape index (κ1) is 15.2. The number of rotatable bonds is 6. The zero-order valence-electron chi connectivity index (χ0n) is 12.8. The number of methoxy groups -OCH3 is 1. The molecule has 1 N–H and O–H groups in total. The third-order valence-corrected chi connectivity index (χ3v) is 4.12. The van der Waals surface area contributed by atoms with Crippen LogP contribution in [-0.2, 0) is 0 Å². The van der Waals surface area contributed by atoms with Gasteiger partial charge in [0.25, 0.3) is 0 Å². The van der Waals surface area contributed by atoms with Gasteiger partial charge in [-0.25, -0.2) is 0 Å². The van der Waals surface area contributed by atoms with Crippen LogP contribution in [0.1, 0.15) is 64.0 Å². The fourth-order valence-corrected chi connectivity index (χ4v) is 2.91. The number of ether oxygens (including phenoxy) is 2. The maximum Gasteiger partial charge on any atom is 0.129 e. The maximum absolute atomic E-state index is 10.3. The molecule has 112 valence electrons. The first-order valence-electron chi connectivity index (χ1n) is 7.63. The molecule has 0 aromatic heterocycles. The molecule has 2 atom stereocenters. The van der Waals surface area contributed by atoms with Crippen LogP contribution in [0.2, 0.25) is 0 Å². The second kappa shape index (κ2) is 6.49. The number of fused-ring (bicyclic) bond motifs is 1. The number of benzene rings is 1. The van der Waals surface area contributed by atoms with Gasteiger partial charge in [-0.3, -0.25) is 0 Å². The number of aliphatic hydroxyl groups excluding tert-OH is 1. The smallest absolute Gasteiger partial charge is 0.129 e. The van der Waals surface area contributed by atoms with Gasteiger partial charge in [0.2, 0.25) is 0 Å². The van der Waals surface area contributed by atoms with E-state index in [-0.39, 0.29) is 5.60 Å². The molecule has 1 unspecified atom stereocenters. The van der Waals surface area contributed by atoms with Crippen LogP contribution in [0, 0.1) is 0 Å². The van der Waals surface area contributed by atoms with E-state index < -0.39 is 6.10 Å². The van der Waals surface area contributed by atoms with Crippen LogP contribution in [0.25, 0.3) is 0 Å². The van der Waals surface area contributed by atoms with E-state index in [0.29, 0.717) is 6.42 Å². The highest BCUT2D eigenvalue weighted by Crippen LogP contribution is 2.43. The average Bonchev–Trinajstić information content (AvgIpc) is 2.42. The lowest BCUT2D eigenvalue weighted by Gasteiger charge is -2.38. The lowest BCUT2D eigenvalue weighted by molar-refractivity contribution is -0.00865. The molecule has 0 saturated carbocycles. The van der Waals surface area contributed by atoms with E-state index in [4.69, 9.17) is 9.47 Å². The summed E-state index contributed by atoms with van der Waals surface area (Å²) in [6, 6.07) is 5.65. The van der Waals surface area contributed by atoms with Crippen LogP contribution in [0.5, 0.6) is 11.5 Å². The quantitative estimate of drug-likeness (QED) is 0.791. The zero-order valence-corrected chi connectivity index (χ0v) is 12.8. The van der Waals surface area contributed by atoms with Gasteiger partial charge < -0.3 is 14.6 Å². The Hall–Kier alpha value is -1.22. The third-order valence-electron chi connectivity index (χ3n) is 4.12. The topological polar surface area (TPSA) is 38.7 Å². The van der Waals surface area contributed by atoms with Crippen molar-refractivity contribution in [1.29, 1.82) is 0 Å². The van der Waals surface area contributed by atoms with Crippen LogP contribution in [-0.4, -0.2) is 17.8 Å². The Bertz CT molecular complexity index is 444. The minimum atomic E-state index is -0.444. The Morgan fingerprint density at radius 1 is 1.35 bits per heavy atom. The second-order valence-corrected chi connectivity index (χ2v) is 5.99. The summed E-state index contributed by atoms with van der Waals surface area (Å²) in [7, 11) is 1.64. The van der Waals surface area contributed by atoms with E-state index in [9.17, 15) is 5.11 Å². The van der Waals surface area contributed by atoms with Gasteiger partial charge >= 0.3 is 0 Å². The summed E-state index contributed by atoms with van der Waals surface area (Å²) in [5, 5.41) is 10.3. The number of hydrogen-bond donors (Lipinski definition) is 1. The Balaban J connectivity index is 2.08. The third kappa shape index (κ3) is 3.45. The molecule has 0 spiro atoms. The van der Waals surface area contributed by atoms with E-state index in [1.165, 1.54) is 19.3 Å². The van der Waals surface area contributed by atoms with E-state index in [2.05, 4.69) is 13.8 Å². The first-order valence-corrected chi connectivity index (χ1v) is 7.63. The summed E-state index contributed by atoms with van der Waals surface area (Å²) < 4.78 is 11.4. The van der Waals surface area contributed by atoms with E-state index >= 15 is 0 Å². The lowest BCUT2D eigenvalue weighted by atomic mass is 9.86. The van der Waals surface area contributed by atoms with Crippen molar-refractivity contribution in [3.05, 3.63) is 23.8 Å². The molecular weight excluding hydrogens is 252 g/mol. The molecule has 1 aromatic rings. The fourth-order valence-electron chi connectivity index (χ4n) is 2.91. The van der Waals surface area contributed by atoms with Crippen molar-refractivity contribution >= 4 is 0 Å². The largest absolute Gasteiger partial charge is 0.497 e. The molecule has 1 aliphatic rings. The monoisotopic (exact) mass is 278 g/mol.